The van der Waals surface area contributed by atoms with Crippen LogP contribution in [-0.4, -0.2) is 24.3 Å². The molecule has 84 valence electrons. The second-order valence-corrected chi connectivity index (χ2v) is 4.95. The Morgan fingerprint density at radius 3 is 2.79 bits per heavy atom. The first-order valence-electron chi connectivity index (χ1n) is 6.08. The fourth-order valence-electron chi connectivity index (χ4n) is 2.45. The molecule has 0 bridgehead atoms. The third-order valence-electron chi connectivity index (χ3n) is 3.29. The normalized spacial score (nSPS) is 27.4. The van der Waals surface area contributed by atoms with Gasteiger partial charge in [-0.3, -0.25) is 0 Å². The predicted molar refractivity (Wildman–Crippen MR) is 60.3 cm³/mol. The number of aliphatic hydroxyl groups excluding tert-OH is 1. The van der Waals surface area contributed by atoms with Crippen molar-refractivity contribution in [2.75, 3.05) is 13.2 Å². The molecule has 2 atom stereocenters. The Balaban J connectivity index is 2.21. The van der Waals surface area contributed by atoms with E-state index < -0.39 is 0 Å². The van der Waals surface area contributed by atoms with E-state index in [0.29, 0.717) is 6.04 Å². The molecule has 0 saturated heterocycles. The molecule has 1 rings (SSSR count). The molecule has 0 aromatic heterocycles. The van der Waals surface area contributed by atoms with E-state index in [1.807, 2.05) is 0 Å². The Bertz CT molecular complexity index is 147. The molecular formula is C12H25NO. The van der Waals surface area contributed by atoms with Crippen LogP contribution in [-0.2, 0) is 0 Å². The monoisotopic (exact) mass is 199 g/mol. The molecule has 2 N–H and O–H groups in total. The largest absolute Gasteiger partial charge is 0.395 e. The molecule has 0 aromatic rings. The van der Waals surface area contributed by atoms with Gasteiger partial charge in [-0.25, -0.2) is 0 Å². The van der Waals surface area contributed by atoms with Crippen LogP contribution >= 0.6 is 0 Å². The molecule has 0 aromatic carbocycles. The summed E-state index contributed by atoms with van der Waals surface area (Å²) in [6, 6.07) is 0.681. The molecule has 1 aliphatic rings. The third kappa shape index (κ3) is 3.97. The molecule has 1 fully saturated rings. The van der Waals surface area contributed by atoms with Crippen LogP contribution in [0.5, 0.6) is 0 Å². The maximum atomic E-state index is 8.77. The number of aliphatic hydroxyl groups is 1. The summed E-state index contributed by atoms with van der Waals surface area (Å²) in [5.41, 5.74) is 0. The zero-order chi connectivity index (χ0) is 10.4. The van der Waals surface area contributed by atoms with E-state index in [0.717, 1.165) is 18.4 Å². The van der Waals surface area contributed by atoms with Crippen molar-refractivity contribution in [3.8, 4) is 0 Å². The zero-order valence-electron chi connectivity index (χ0n) is 9.63. The first kappa shape index (κ1) is 12.0. The summed E-state index contributed by atoms with van der Waals surface area (Å²) < 4.78 is 0. The Morgan fingerprint density at radius 2 is 2.14 bits per heavy atom. The van der Waals surface area contributed by atoms with E-state index in [1.54, 1.807) is 0 Å². The lowest BCUT2D eigenvalue weighted by Crippen LogP contribution is -2.34. The summed E-state index contributed by atoms with van der Waals surface area (Å²) in [7, 11) is 0. The van der Waals surface area contributed by atoms with Crippen LogP contribution in [0.2, 0.25) is 0 Å². The smallest absolute Gasteiger partial charge is 0.0556 e. The molecular weight excluding hydrogens is 174 g/mol. The van der Waals surface area contributed by atoms with E-state index in [-0.39, 0.29) is 6.61 Å². The lowest BCUT2D eigenvalue weighted by molar-refractivity contribution is 0.269. The molecule has 2 unspecified atom stereocenters. The van der Waals surface area contributed by atoms with E-state index in [1.165, 1.54) is 32.1 Å². The maximum Gasteiger partial charge on any atom is 0.0556 e. The van der Waals surface area contributed by atoms with Gasteiger partial charge in [0.1, 0.15) is 0 Å². The van der Waals surface area contributed by atoms with Gasteiger partial charge in [-0.2, -0.15) is 0 Å². The highest BCUT2D eigenvalue weighted by atomic mass is 16.3. The van der Waals surface area contributed by atoms with Gasteiger partial charge in [0.25, 0.3) is 0 Å². The Labute approximate surface area is 88.1 Å². The topological polar surface area (TPSA) is 32.3 Å². The van der Waals surface area contributed by atoms with Gasteiger partial charge in [0.15, 0.2) is 0 Å². The van der Waals surface area contributed by atoms with E-state index in [2.05, 4.69) is 19.2 Å². The Hall–Kier alpha value is -0.0800. The highest BCUT2D eigenvalue weighted by Gasteiger charge is 2.26. The van der Waals surface area contributed by atoms with E-state index >= 15 is 0 Å². The van der Waals surface area contributed by atoms with Crippen LogP contribution in [0.1, 0.15) is 46.0 Å². The Kier molecular flexibility index (Phi) is 5.49. The average molecular weight is 199 g/mol. The van der Waals surface area contributed by atoms with Crippen molar-refractivity contribution in [2.24, 2.45) is 11.8 Å². The summed E-state index contributed by atoms with van der Waals surface area (Å²) in [5, 5.41) is 12.2. The van der Waals surface area contributed by atoms with Crippen LogP contribution < -0.4 is 5.32 Å². The lowest BCUT2D eigenvalue weighted by Gasteiger charge is -2.21. The van der Waals surface area contributed by atoms with Crippen LogP contribution in [0.4, 0.5) is 0 Å². The molecule has 1 aliphatic carbocycles. The molecule has 0 heterocycles. The highest BCUT2D eigenvalue weighted by molar-refractivity contribution is 4.83. The number of hydrogen-bond donors (Lipinski definition) is 2. The van der Waals surface area contributed by atoms with Crippen molar-refractivity contribution in [2.45, 2.75) is 52.0 Å². The summed E-state index contributed by atoms with van der Waals surface area (Å²) in [6.07, 6.45) is 6.77. The molecule has 0 amide bonds. The second kappa shape index (κ2) is 6.41. The standard InChI is InChI=1S/C12H25NO/c1-10(2)6-7-11-4-3-5-12(11)13-8-9-14/h10-14H,3-9H2,1-2H3. The molecule has 0 aliphatic heterocycles. The SMILES string of the molecule is CC(C)CCC1CCCC1NCCO. The zero-order valence-corrected chi connectivity index (χ0v) is 9.63. The van der Waals surface area contributed by atoms with Gasteiger partial charge in [0.05, 0.1) is 6.61 Å². The summed E-state index contributed by atoms with van der Waals surface area (Å²) in [4.78, 5) is 0. The molecule has 1 saturated carbocycles. The van der Waals surface area contributed by atoms with Gasteiger partial charge in [-0.1, -0.05) is 26.7 Å². The van der Waals surface area contributed by atoms with Gasteiger partial charge >= 0.3 is 0 Å². The van der Waals surface area contributed by atoms with Gasteiger partial charge in [0, 0.05) is 12.6 Å². The maximum absolute atomic E-state index is 8.77. The fourth-order valence-corrected chi connectivity index (χ4v) is 2.45. The minimum absolute atomic E-state index is 0.271. The lowest BCUT2D eigenvalue weighted by atomic mass is 9.94. The quantitative estimate of drug-likeness (QED) is 0.687. The van der Waals surface area contributed by atoms with Crippen LogP contribution in [0.15, 0.2) is 0 Å². The number of rotatable bonds is 6. The van der Waals surface area contributed by atoms with Crippen molar-refractivity contribution in [1.82, 2.24) is 5.32 Å². The molecule has 0 spiro atoms. The van der Waals surface area contributed by atoms with Crippen molar-refractivity contribution < 1.29 is 5.11 Å². The van der Waals surface area contributed by atoms with Gasteiger partial charge < -0.3 is 10.4 Å². The average Bonchev–Trinajstić information content (AvgIpc) is 2.58. The molecule has 2 heteroatoms. The van der Waals surface area contributed by atoms with Crippen LogP contribution in [0, 0.1) is 11.8 Å². The van der Waals surface area contributed by atoms with Gasteiger partial charge in [-0.05, 0) is 31.1 Å². The number of hydrogen-bond acceptors (Lipinski definition) is 2. The van der Waals surface area contributed by atoms with Crippen molar-refractivity contribution in [3.05, 3.63) is 0 Å². The van der Waals surface area contributed by atoms with Crippen LogP contribution in [0.25, 0.3) is 0 Å². The van der Waals surface area contributed by atoms with Crippen molar-refractivity contribution in [1.29, 1.82) is 0 Å². The number of nitrogens with one attached hydrogen (secondary N) is 1. The molecule has 14 heavy (non-hydrogen) atoms. The minimum Gasteiger partial charge on any atom is -0.395 e. The van der Waals surface area contributed by atoms with Crippen LogP contribution in [0.3, 0.4) is 0 Å². The minimum atomic E-state index is 0.271. The molecule has 2 nitrogen and oxygen atoms in total. The third-order valence-corrected chi connectivity index (χ3v) is 3.29. The predicted octanol–water partition coefficient (Wildman–Crippen LogP) is 2.17. The van der Waals surface area contributed by atoms with Crippen molar-refractivity contribution >= 4 is 0 Å². The first-order valence-corrected chi connectivity index (χ1v) is 6.08. The van der Waals surface area contributed by atoms with E-state index in [9.17, 15) is 0 Å². The van der Waals surface area contributed by atoms with Crippen molar-refractivity contribution in [3.63, 3.8) is 0 Å². The molecule has 0 radical (unpaired) electrons. The highest BCUT2D eigenvalue weighted by Crippen LogP contribution is 2.30. The van der Waals surface area contributed by atoms with Gasteiger partial charge in [-0.15, -0.1) is 0 Å². The second-order valence-electron chi connectivity index (χ2n) is 4.95. The summed E-state index contributed by atoms with van der Waals surface area (Å²) in [6.45, 7) is 5.63. The Morgan fingerprint density at radius 1 is 1.36 bits per heavy atom. The fraction of sp³-hybridized carbons (Fsp3) is 1.00. The van der Waals surface area contributed by atoms with E-state index in [4.69, 9.17) is 5.11 Å². The first-order chi connectivity index (χ1) is 6.74. The summed E-state index contributed by atoms with van der Waals surface area (Å²) in [5.74, 6) is 1.69. The summed E-state index contributed by atoms with van der Waals surface area (Å²) >= 11 is 0. The van der Waals surface area contributed by atoms with Gasteiger partial charge in [0.2, 0.25) is 0 Å².